The number of piperazine rings is 1. The van der Waals surface area contributed by atoms with Gasteiger partial charge in [-0.1, -0.05) is 24.3 Å². The molecule has 4 nitrogen and oxygen atoms in total. The summed E-state index contributed by atoms with van der Waals surface area (Å²) in [6.45, 7) is 6.16. The molecule has 3 rings (SSSR count). The van der Waals surface area contributed by atoms with Crippen molar-refractivity contribution < 1.29 is 4.79 Å². The Kier molecular flexibility index (Phi) is 4.35. The normalized spacial score (nSPS) is 15.7. The Morgan fingerprint density at radius 2 is 1.70 bits per heavy atom. The summed E-state index contributed by atoms with van der Waals surface area (Å²) in [6, 6.07) is 14.1. The molecule has 2 aromatic rings. The van der Waals surface area contributed by atoms with Crippen molar-refractivity contribution in [3.8, 4) is 11.1 Å². The van der Waals surface area contributed by atoms with E-state index in [0.717, 1.165) is 48.6 Å². The van der Waals surface area contributed by atoms with Crippen LogP contribution in [0.2, 0.25) is 0 Å². The molecule has 1 aliphatic rings. The van der Waals surface area contributed by atoms with Gasteiger partial charge in [-0.3, -0.25) is 4.79 Å². The third-order valence-corrected chi connectivity index (χ3v) is 4.57. The molecular formula is C19H23N3O. The van der Waals surface area contributed by atoms with Crippen molar-refractivity contribution in [3.63, 3.8) is 0 Å². The van der Waals surface area contributed by atoms with Crippen LogP contribution in [0.15, 0.2) is 42.5 Å². The summed E-state index contributed by atoms with van der Waals surface area (Å²) in [5, 5.41) is 0. The molecule has 0 spiro atoms. The average Bonchev–Trinajstić information content (AvgIpc) is 2.55. The van der Waals surface area contributed by atoms with Crippen LogP contribution >= 0.6 is 0 Å². The van der Waals surface area contributed by atoms with Gasteiger partial charge in [0.15, 0.2) is 0 Å². The molecule has 0 unspecified atom stereocenters. The molecule has 2 N–H and O–H groups in total. The van der Waals surface area contributed by atoms with Gasteiger partial charge in [-0.05, 0) is 48.9 Å². The van der Waals surface area contributed by atoms with Crippen molar-refractivity contribution >= 4 is 11.6 Å². The minimum Gasteiger partial charge on any atom is -0.369 e. The predicted octanol–water partition coefficient (Wildman–Crippen LogP) is 2.51. The van der Waals surface area contributed by atoms with Crippen LogP contribution < -0.4 is 10.6 Å². The highest BCUT2D eigenvalue weighted by molar-refractivity contribution is 6.01. The van der Waals surface area contributed by atoms with Crippen molar-refractivity contribution in [2.24, 2.45) is 5.73 Å². The number of amides is 1. The number of likely N-dealkylation sites (N-methyl/N-ethyl adjacent to an activating group) is 1. The molecule has 23 heavy (non-hydrogen) atoms. The fourth-order valence-electron chi connectivity index (χ4n) is 3.11. The van der Waals surface area contributed by atoms with E-state index in [1.54, 1.807) is 0 Å². The van der Waals surface area contributed by atoms with E-state index in [-0.39, 0.29) is 5.91 Å². The van der Waals surface area contributed by atoms with Gasteiger partial charge in [0.25, 0.3) is 0 Å². The lowest BCUT2D eigenvalue weighted by atomic mass is 9.95. The summed E-state index contributed by atoms with van der Waals surface area (Å²) in [6.07, 6.45) is 0. The van der Waals surface area contributed by atoms with E-state index >= 15 is 0 Å². The molecule has 1 fully saturated rings. The molecule has 4 heteroatoms. The minimum atomic E-state index is -0.381. The standard InChI is InChI=1S/C19H23N3O/c1-14-5-3-4-6-16(14)18-13-15(7-8-17(18)19(20)23)22-11-9-21(2)10-12-22/h3-8,13H,9-12H2,1-2H3,(H2,20,23). The average molecular weight is 309 g/mol. The van der Waals surface area contributed by atoms with Crippen molar-refractivity contribution in [1.82, 2.24) is 4.90 Å². The second kappa shape index (κ2) is 6.42. The molecule has 0 saturated carbocycles. The number of anilines is 1. The van der Waals surface area contributed by atoms with Crippen LogP contribution in [0.5, 0.6) is 0 Å². The number of rotatable bonds is 3. The monoisotopic (exact) mass is 309 g/mol. The number of benzene rings is 2. The SMILES string of the molecule is Cc1ccccc1-c1cc(N2CCN(C)CC2)ccc1C(N)=O. The molecule has 0 aromatic heterocycles. The predicted molar refractivity (Wildman–Crippen MR) is 94.8 cm³/mol. The van der Waals surface area contributed by atoms with Crippen molar-refractivity contribution in [1.29, 1.82) is 0 Å². The zero-order valence-corrected chi connectivity index (χ0v) is 13.7. The van der Waals surface area contributed by atoms with Crippen molar-refractivity contribution in [2.45, 2.75) is 6.92 Å². The van der Waals surface area contributed by atoms with Gasteiger partial charge in [-0.25, -0.2) is 0 Å². The second-order valence-corrected chi connectivity index (χ2v) is 6.20. The van der Waals surface area contributed by atoms with Crippen molar-refractivity contribution in [2.75, 3.05) is 38.1 Å². The first-order chi connectivity index (χ1) is 11.1. The number of nitrogens with two attached hydrogens (primary N) is 1. The Bertz CT molecular complexity index is 718. The van der Waals surface area contributed by atoms with Crippen LogP contribution in [0.4, 0.5) is 5.69 Å². The van der Waals surface area contributed by atoms with Crippen LogP contribution in [0.3, 0.4) is 0 Å². The quantitative estimate of drug-likeness (QED) is 0.948. The molecule has 0 atom stereocenters. The molecule has 0 radical (unpaired) electrons. The summed E-state index contributed by atoms with van der Waals surface area (Å²) in [5.41, 5.74) is 10.5. The molecule has 0 aliphatic carbocycles. The van der Waals surface area contributed by atoms with E-state index in [1.807, 2.05) is 30.3 Å². The number of aryl methyl sites for hydroxylation is 1. The van der Waals surface area contributed by atoms with E-state index in [1.165, 1.54) is 0 Å². The smallest absolute Gasteiger partial charge is 0.249 e. The first-order valence-electron chi connectivity index (χ1n) is 7.99. The minimum absolute atomic E-state index is 0.381. The van der Waals surface area contributed by atoms with Crippen molar-refractivity contribution in [3.05, 3.63) is 53.6 Å². The lowest BCUT2D eigenvalue weighted by Gasteiger charge is -2.34. The van der Waals surface area contributed by atoms with Gasteiger partial charge < -0.3 is 15.5 Å². The zero-order chi connectivity index (χ0) is 16.4. The highest BCUT2D eigenvalue weighted by Crippen LogP contribution is 2.31. The van der Waals surface area contributed by atoms with Crippen LogP contribution in [0.25, 0.3) is 11.1 Å². The Labute approximate surface area is 137 Å². The summed E-state index contributed by atoms with van der Waals surface area (Å²) >= 11 is 0. The number of primary amides is 1. The third kappa shape index (κ3) is 3.22. The number of carbonyl (C=O) groups is 1. The Morgan fingerprint density at radius 1 is 1.00 bits per heavy atom. The highest BCUT2D eigenvalue weighted by atomic mass is 16.1. The van der Waals surface area contributed by atoms with Gasteiger partial charge in [0.2, 0.25) is 5.91 Å². The van der Waals surface area contributed by atoms with Gasteiger partial charge in [0.05, 0.1) is 0 Å². The molecule has 2 aromatic carbocycles. The number of carbonyl (C=O) groups excluding carboxylic acids is 1. The lowest BCUT2D eigenvalue weighted by Crippen LogP contribution is -2.44. The van der Waals surface area contributed by atoms with Gasteiger partial charge in [-0.2, -0.15) is 0 Å². The van der Waals surface area contributed by atoms with E-state index in [2.05, 4.69) is 35.9 Å². The number of hydrogen-bond acceptors (Lipinski definition) is 3. The largest absolute Gasteiger partial charge is 0.369 e. The Hall–Kier alpha value is -2.33. The van der Waals surface area contributed by atoms with E-state index in [4.69, 9.17) is 5.73 Å². The van der Waals surface area contributed by atoms with Gasteiger partial charge in [0, 0.05) is 37.4 Å². The first-order valence-corrected chi connectivity index (χ1v) is 7.99. The lowest BCUT2D eigenvalue weighted by molar-refractivity contribution is 0.100. The fourth-order valence-corrected chi connectivity index (χ4v) is 3.11. The molecule has 120 valence electrons. The topological polar surface area (TPSA) is 49.6 Å². The molecule has 1 aliphatic heterocycles. The Balaban J connectivity index is 2.04. The van der Waals surface area contributed by atoms with E-state index in [0.29, 0.717) is 5.56 Å². The highest BCUT2D eigenvalue weighted by Gasteiger charge is 2.18. The van der Waals surface area contributed by atoms with E-state index in [9.17, 15) is 4.79 Å². The van der Waals surface area contributed by atoms with Crippen LogP contribution in [0, 0.1) is 6.92 Å². The summed E-state index contributed by atoms with van der Waals surface area (Å²) in [5.74, 6) is -0.381. The maximum Gasteiger partial charge on any atom is 0.249 e. The molecule has 0 bridgehead atoms. The third-order valence-electron chi connectivity index (χ3n) is 4.57. The van der Waals surface area contributed by atoms with Gasteiger partial charge >= 0.3 is 0 Å². The number of hydrogen-bond donors (Lipinski definition) is 1. The Morgan fingerprint density at radius 3 is 2.35 bits per heavy atom. The fraction of sp³-hybridized carbons (Fsp3) is 0.316. The first kappa shape index (κ1) is 15.6. The maximum absolute atomic E-state index is 11.8. The zero-order valence-electron chi connectivity index (χ0n) is 13.7. The van der Waals surface area contributed by atoms with E-state index < -0.39 is 0 Å². The summed E-state index contributed by atoms with van der Waals surface area (Å²) in [7, 11) is 2.15. The second-order valence-electron chi connectivity index (χ2n) is 6.20. The molecular weight excluding hydrogens is 286 g/mol. The van der Waals surface area contributed by atoms with Gasteiger partial charge in [-0.15, -0.1) is 0 Å². The molecule has 1 amide bonds. The van der Waals surface area contributed by atoms with Crippen LogP contribution in [0.1, 0.15) is 15.9 Å². The maximum atomic E-state index is 11.8. The molecule has 1 saturated heterocycles. The molecule has 1 heterocycles. The summed E-state index contributed by atoms with van der Waals surface area (Å²) in [4.78, 5) is 16.5. The number of nitrogens with zero attached hydrogens (tertiary/aromatic N) is 2. The summed E-state index contributed by atoms with van der Waals surface area (Å²) < 4.78 is 0. The van der Waals surface area contributed by atoms with Crippen LogP contribution in [-0.2, 0) is 0 Å². The van der Waals surface area contributed by atoms with Gasteiger partial charge in [0.1, 0.15) is 0 Å². The van der Waals surface area contributed by atoms with Crippen LogP contribution in [-0.4, -0.2) is 44.0 Å².